The Balaban J connectivity index is 2.28. The van der Waals surface area contributed by atoms with E-state index in [0.717, 1.165) is 19.1 Å². The molecular formula is C20H36Cl2NOSi2Ti. The molecule has 1 aliphatic carbocycles. The van der Waals surface area contributed by atoms with Crippen LogP contribution < -0.4 is 3.80 Å². The average Bonchev–Trinajstić information content (AvgIpc) is 2.93. The first-order chi connectivity index (χ1) is 12.2. The molecule has 2 unspecified atom stereocenters. The Morgan fingerprint density at radius 2 is 1.81 bits per heavy atom. The van der Waals surface area contributed by atoms with Crippen LogP contribution in [-0.2, 0) is 17.1 Å². The van der Waals surface area contributed by atoms with Gasteiger partial charge in [-0.05, 0) is 0 Å². The molecule has 1 N–H and O–H groups in total. The molecule has 0 fully saturated rings. The first-order valence-corrected chi connectivity index (χ1v) is 24.6. The third kappa shape index (κ3) is 6.05. The molecule has 2 atom stereocenters. The molecule has 0 aliphatic heterocycles. The van der Waals surface area contributed by atoms with E-state index < -0.39 is 27.7 Å². The SMILES string of the molecule is C[SiH](CCCO[Si](C)(C)C)[Ti]([Cl])([Cl])([NH]C(C)(C)C)[CH]1C=Cc2ccccc21. The molecule has 153 valence electrons. The van der Waals surface area contributed by atoms with Gasteiger partial charge in [-0.25, -0.2) is 0 Å². The summed E-state index contributed by atoms with van der Waals surface area (Å²) in [4.78, 5) is 0. The molecule has 27 heavy (non-hydrogen) atoms. The summed E-state index contributed by atoms with van der Waals surface area (Å²) in [6, 6.07) is 9.67. The van der Waals surface area contributed by atoms with Crippen molar-refractivity contribution in [1.82, 2.24) is 3.80 Å². The van der Waals surface area contributed by atoms with Crippen molar-refractivity contribution >= 4 is 39.7 Å². The molecule has 2 rings (SSSR count). The monoisotopic (exact) mass is 480 g/mol. The van der Waals surface area contributed by atoms with Crippen molar-refractivity contribution < 1.29 is 17.1 Å². The number of rotatable bonds is 8. The molecular weight excluding hydrogens is 445 g/mol. The van der Waals surface area contributed by atoms with Gasteiger partial charge in [0.25, 0.3) is 0 Å². The van der Waals surface area contributed by atoms with Gasteiger partial charge in [-0.3, -0.25) is 0 Å². The van der Waals surface area contributed by atoms with Gasteiger partial charge in [0.1, 0.15) is 0 Å². The number of hydrogen-bond donors (Lipinski definition) is 1. The summed E-state index contributed by atoms with van der Waals surface area (Å²) in [6.07, 6.45) is 5.52. The van der Waals surface area contributed by atoms with E-state index in [4.69, 9.17) is 23.0 Å². The van der Waals surface area contributed by atoms with E-state index >= 15 is 0 Å². The van der Waals surface area contributed by atoms with Crippen LogP contribution >= 0.6 is 18.6 Å². The summed E-state index contributed by atoms with van der Waals surface area (Å²) in [7, 11) is 13.8. The van der Waals surface area contributed by atoms with Gasteiger partial charge in [-0.15, -0.1) is 0 Å². The van der Waals surface area contributed by atoms with E-state index in [0.29, 0.717) is 0 Å². The predicted octanol–water partition coefficient (Wildman–Crippen LogP) is 6.65. The summed E-state index contributed by atoms with van der Waals surface area (Å²) in [5, 5.41) is 0. The second kappa shape index (κ2) is 8.39. The third-order valence-electron chi connectivity index (χ3n) is 5.20. The summed E-state index contributed by atoms with van der Waals surface area (Å²) in [5.74, 6) is 0. The number of benzene rings is 1. The van der Waals surface area contributed by atoms with Crippen LogP contribution in [0.15, 0.2) is 30.3 Å². The van der Waals surface area contributed by atoms with Gasteiger partial charge < -0.3 is 0 Å². The van der Waals surface area contributed by atoms with Crippen LogP contribution in [0.3, 0.4) is 0 Å². The fourth-order valence-corrected chi connectivity index (χ4v) is 28.4. The molecule has 7 heteroatoms. The Bertz CT molecular complexity index is 698. The Kier molecular flexibility index (Phi) is 7.42. The average molecular weight is 481 g/mol. The van der Waals surface area contributed by atoms with Crippen molar-refractivity contribution in [3.8, 4) is 0 Å². The summed E-state index contributed by atoms with van der Waals surface area (Å²) >= 11 is -4.05. The Hall–Kier alpha value is 0.608. The molecule has 0 amide bonds. The Morgan fingerprint density at radius 1 is 1.19 bits per heavy atom. The minimum absolute atomic E-state index is 0.109. The van der Waals surface area contributed by atoms with Gasteiger partial charge in [-0.1, -0.05) is 0 Å². The van der Waals surface area contributed by atoms with Gasteiger partial charge >= 0.3 is 178 Å². The molecule has 0 bridgehead atoms. The fraction of sp³-hybridized carbons (Fsp3) is 0.600. The molecule has 0 saturated carbocycles. The third-order valence-corrected chi connectivity index (χ3v) is 37.7. The number of hydrogen-bond acceptors (Lipinski definition) is 2. The summed E-state index contributed by atoms with van der Waals surface area (Å²) in [6.45, 7) is 15.0. The van der Waals surface area contributed by atoms with Crippen LogP contribution in [0.2, 0.25) is 32.2 Å². The van der Waals surface area contributed by atoms with Crippen molar-refractivity contribution in [2.24, 2.45) is 0 Å². The van der Waals surface area contributed by atoms with Crippen molar-refractivity contribution in [2.45, 2.75) is 69.2 Å². The minimum atomic E-state index is -4.05. The van der Waals surface area contributed by atoms with E-state index in [-0.39, 0.29) is 9.76 Å². The molecule has 1 aromatic carbocycles. The quantitative estimate of drug-likeness (QED) is 0.332. The van der Waals surface area contributed by atoms with E-state index in [1.807, 2.05) is 0 Å². The van der Waals surface area contributed by atoms with Crippen LogP contribution in [0, 0.1) is 0 Å². The number of nitrogens with one attached hydrogen (secondary N) is 1. The molecule has 0 heterocycles. The van der Waals surface area contributed by atoms with Crippen molar-refractivity contribution in [3.63, 3.8) is 0 Å². The Morgan fingerprint density at radius 3 is 2.41 bits per heavy atom. The maximum absolute atomic E-state index is 7.66. The van der Waals surface area contributed by atoms with E-state index in [9.17, 15) is 0 Å². The summed E-state index contributed by atoms with van der Waals surface area (Å²) in [5.41, 5.74) is 2.45. The second-order valence-corrected chi connectivity index (χ2v) is 41.9. The molecule has 0 radical (unpaired) electrons. The molecule has 2 nitrogen and oxygen atoms in total. The van der Waals surface area contributed by atoms with Crippen LogP contribution in [0.25, 0.3) is 6.08 Å². The zero-order valence-electron chi connectivity index (χ0n) is 17.9. The maximum atomic E-state index is 7.66. The van der Waals surface area contributed by atoms with E-state index in [2.05, 4.69) is 87.2 Å². The standard InChI is InChI=1S/C9H7.C7H19OSi2.C4H10N.2ClH.Ti/c1-2-5-9-7-3-6-8(9)4-1;1-9-7-5-6-8-10(2,3)4;1-4(2,3)5;;;/h1-7H;9H,5-7H2,1-4H3;5H,1-3H3;2*1H;/q;;-1;;;+3/p-2. The van der Waals surface area contributed by atoms with E-state index in [1.165, 1.54) is 11.1 Å². The first-order valence-electron chi connectivity index (χ1n) is 10.0. The first kappa shape index (κ1) is 23.9. The van der Waals surface area contributed by atoms with Crippen molar-refractivity contribution in [3.05, 3.63) is 41.5 Å². The van der Waals surface area contributed by atoms with Gasteiger partial charge in [0.15, 0.2) is 0 Å². The second-order valence-electron chi connectivity index (χ2n) is 10.00. The summed E-state index contributed by atoms with van der Waals surface area (Å²) < 4.78 is 10.1. The van der Waals surface area contributed by atoms with Gasteiger partial charge in [0, 0.05) is 0 Å². The fourth-order valence-electron chi connectivity index (χ4n) is 3.97. The molecule has 1 aromatic rings. The van der Waals surface area contributed by atoms with Crippen molar-refractivity contribution in [1.29, 1.82) is 0 Å². The zero-order valence-corrected chi connectivity index (χ0v) is 23.1. The molecule has 0 spiro atoms. The predicted molar refractivity (Wildman–Crippen MR) is 125 cm³/mol. The van der Waals surface area contributed by atoms with Crippen LogP contribution in [0.5, 0.6) is 0 Å². The van der Waals surface area contributed by atoms with Gasteiger partial charge in [0.05, 0.1) is 0 Å². The van der Waals surface area contributed by atoms with Crippen LogP contribution in [0.4, 0.5) is 0 Å². The number of allylic oxidation sites excluding steroid dienone is 1. The van der Waals surface area contributed by atoms with Gasteiger partial charge in [0.2, 0.25) is 0 Å². The molecule has 0 aromatic heterocycles. The van der Waals surface area contributed by atoms with Crippen molar-refractivity contribution in [2.75, 3.05) is 6.61 Å². The number of halogens is 2. The number of fused-ring (bicyclic) bond motifs is 1. The molecule has 0 saturated heterocycles. The topological polar surface area (TPSA) is 21.3 Å². The molecule has 1 aliphatic rings. The Labute approximate surface area is 176 Å². The van der Waals surface area contributed by atoms with Crippen LogP contribution in [-0.4, -0.2) is 27.1 Å². The van der Waals surface area contributed by atoms with Crippen LogP contribution in [0.1, 0.15) is 42.5 Å². The normalized spacial score (nSPS) is 20.2. The van der Waals surface area contributed by atoms with E-state index in [1.54, 1.807) is 0 Å². The van der Waals surface area contributed by atoms with Gasteiger partial charge in [-0.2, -0.15) is 0 Å². The zero-order chi connectivity index (χ0) is 20.5.